The van der Waals surface area contributed by atoms with Gasteiger partial charge in [0.05, 0.1) is 0 Å². The van der Waals surface area contributed by atoms with E-state index in [2.05, 4.69) is 28.3 Å². The first-order chi connectivity index (χ1) is 11.8. The van der Waals surface area contributed by atoms with Crippen LogP contribution in [0.2, 0.25) is 0 Å². The van der Waals surface area contributed by atoms with Gasteiger partial charge in [0, 0.05) is 63.7 Å². The predicted molar refractivity (Wildman–Crippen MR) is 96.3 cm³/mol. The van der Waals surface area contributed by atoms with Crippen molar-refractivity contribution in [3.63, 3.8) is 0 Å². The topological polar surface area (TPSA) is 55.7 Å². The van der Waals surface area contributed by atoms with Gasteiger partial charge >= 0.3 is 6.09 Å². The number of nitrogens with one attached hydrogen (secondary N) is 1. The molecule has 1 unspecified atom stereocenters. The highest BCUT2D eigenvalue weighted by atomic mass is 16.6. The monoisotopic (exact) mass is 349 g/mol. The minimum atomic E-state index is -0.463. The summed E-state index contributed by atoms with van der Waals surface area (Å²) in [5.74, 6) is 0. The van der Waals surface area contributed by atoms with Crippen LogP contribution in [0.3, 0.4) is 0 Å². The molecule has 1 aromatic heterocycles. The summed E-state index contributed by atoms with van der Waals surface area (Å²) >= 11 is 0. The molecule has 140 valence electrons. The Morgan fingerprint density at radius 3 is 2.72 bits per heavy atom. The van der Waals surface area contributed by atoms with Gasteiger partial charge in [-0.15, -0.1) is 0 Å². The van der Waals surface area contributed by atoms with E-state index in [-0.39, 0.29) is 17.6 Å². The van der Waals surface area contributed by atoms with Gasteiger partial charge in [-0.2, -0.15) is 0 Å². The van der Waals surface area contributed by atoms with Crippen molar-refractivity contribution in [2.45, 2.75) is 51.8 Å². The summed E-state index contributed by atoms with van der Waals surface area (Å²) in [5.41, 5.74) is 0.889. The van der Waals surface area contributed by atoms with Gasteiger partial charge in [-0.1, -0.05) is 0 Å². The smallest absolute Gasteiger partial charge is 0.410 e. The van der Waals surface area contributed by atoms with Crippen molar-refractivity contribution < 1.29 is 14.3 Å². The summed E-state index contributed by atoms with van der Waals surface area (Å²) in [6.45, 7) is 9.54. The molecule has 0 bridgehead atoms. The fourth-order valence-corrected chi connectivity index (χ4v) is 3.91. The second kappa shape index (κ2) is 7.00. The Balaban J connectivity index is 1.68. The Kier molecular flexibility index (Phi) is 5.11. The minimum absolute atomic E-state index is 0.0872. The van der Waals surface area contributed by atoms with Gasteiger partial charge in [0.1, 0.15) is 5.60 Å². The number of carbonyl (C=O) groups excluding carboxylic acids is 1. The Morgan fingerprint density at radius 1 is 1.40 bits per heavy atom. The van der Waals surface area contributed by atoms with E-state index < -0.39 is 5.60 Å². The third kappa shape index (κ3) is 4.36. The first-order valence-corrected chi connectivity index (χ1v) is 9.17. The Hall–Kier alpha value is -1.53. The number of hydrogen-bond donors (Lipinski definition) is 1. The lowest BCUT2D eigenvalue weighted by Gasteiger charge is -2.38. The van der Waals surface area contributed by atoms with Crippen molar-refractivity contribution in [3.05, 3.63) is 24.0 Å². The molecule has 6 heteroatoms. The fraction of sp³-hybridized carbons (Fsp3) is 0.737. The maximum absolute atomic E-state index is 12.6. The lowest BCUT2D eigenvalue weighted by molar-refractivity contribution is 0.00189. The van der Waals surface area contributed by atoms with Gasteiger partial charge in [0.15, 0.2) is 0 Å². The molecule has 3 heterocycles. The van der Waals surface area contributed by atoms with Crippen molar-refractivity contribution >= 4 is 6.09 Å². The van der Waals surface area contributed by atoms with Crippen LogP contribution in [0.1, 0.15) is 39.2 Å². The molecule has 0 radical (unpaired) electrons. The van der Waals surface area contributed by atoms with Crippen LogP contribution in [0.25, 0.3) is 0 Å². The average Bonchev–Trinajstić information content (AvgIpc) is 3.09. The summed E-state index contributed by atoms with van der Waals surface area (Å²) in [6, 6.07) is 2.40. The zero-order valence-electron chi connectivity index (χ0n) is 15.9. The average molecular weight is 349 g/mol. The second-order valence-corrected chi connectivity index (χ2v) is 8.45. The van der Waals surface area contributed by atoms with Crippen LogP contribution in [0.15, 0.2) is 18.5 Å². The van der Waals surface area contributed by atoms with Gasteiger partial charge in [0.25, 0.3) is 0 Å². The van der Waals surface area contributed by atoms with E-state index >= 15 is 0 Å². The number of ether oxygens (including phenoxy) is 2. The van der Waals surface area contributed by atoms with Gasteiger partial charge in [-0.3, -0.25) is 0 Å². The molecule has 2 aliphatic rings. The number of hydrogen-bond acceptors (Lipinski definition) is 4. The van der Waals surface area contributed by atoms with Gasteiger partial charge in [-0.05, 0) is 45.2 Å². The zero-order valence-corrected chi connectivity index (χ0v) is 15.9. The molecule has 1 spiro atoms. The number of likely N-dealkylation sites (tertiary alicyclic amines) is 1. The molecule has 2 aliphatic heterocycles. The first-order valence-electron chi connectivity index (χ1n) is 9.17. The van der Waals surface area contributed by atoms with E-state index in [4.69, 9.17) is 9.47 Å². The van der Waals surface area contributed by atoms with Crippen LogP contribution in [0.4, 0.5) is 4.79 Å². The Labute approximate surface area is 150 Å². The molecule has 2 fully saturated rings. The predicted octanol–water partition coefficient (Wildman–Crippen LogP) is 2.53. The highest BCUT2D eigenvalue weighted by Crippen LogP contribution is 2.40. The number of aryl methyl sites for hydroxylation is 1. The van der Waals surface area contributed by atoms with Crippen molar-refractivity contribution in [2.75, 3.05) is 26.3 Å². The molecule has 0 aromatic carbocycles. The van der Waals surface area contributed by atoms with Crippen molar-refractivity contribution in [1.82, 2.24) is 14.8 Å². The van der Waals surface area contributed by atoms with Gasteiger partial charge in [0.2, 0.25) is 0 Å². The van der Waals surface area contributed by atoms with Crippen LogP contribution in [0.5, 0.6) is 0 Å². The standard InChI is InChI=1S/C19H31N3O3/c1-18(2,3)25-17(23)22-13-16(19(14-22)6-9-24-10-7-19)20-11-15-5-8-21(4)12-15/h5,8,12,16,20H,6-7,9-11,13-14H2,1-4H3. The molecular weight excluding hydrogens is 318 g/mol. The van der Waals surface area contributed by atoms with E-state index in [0.717, 1.165) is 39.1 Å². The third-order valence-corrected chi connectivity index (χ3v) is 5.23. The number of rotatable bonds is 3. The fourth-order valence-electron chi connectivity index (χ4n) is 3.91. The maximum Gasteiger partial charge on any atom is 0.410 e. The summed E-state index contributed by atoms with van der Waals surface area (Å²) in [6.07, 6.45) is 5.95. The van der Waals surface area contributed by atoms with Crippen molar-refractivity contribution in [1.29, 1.82) is 0 Å². The molecule has 0 saturated carbocycles. The highest BCUT2D eigenvalue weighted by Gasteiger charge is 2.49. The highest BCUT2D eigenvalue weighted by molar-refractivity contribution is 5.68. The molecule has 1 N–H and O–H groups in total. The van der Waals surface area contributed by atoms with Crippen LogP contribution in [0, 0.1) is 5.41 Å². The Bertz CT molecular complexity index is 599. The normalized spacial score (nSPS) is 23.2. The van der Waals surface area contributed by atoms with Crippen LogP contribution >= 0.6 is 0 Å². The van der Waals surface area contributed by atoms with E-state index in [1.165, 1.54) is 5.56 Å². The van der Waals surface area contributed by atoms with Crippen LogP contribution in [-0.2, 0) is 23.1 Å². The number of aromatic nitrogens is 1. The summed E-state index contributed by atoms with van der Waals surface area (Å²) in [4.78, 5) is 14.4. The van der Waals surface area contributed by atoms with Gasteiger partial charge in [-0.25, -0.2) is 4.79 Å². The van der Waals surface area contributed by atoms with Crippen LogP contribution < -0.4 is 5.32 Å². The SMILES string of the molecule is Cn1ccc(CNC2CN(C(=O)OC(C)(C)C)CC23CCOCC3)c1. The second-order valence-electron chi connectivity index (χ2n) is 8.45. The Morgan fingerprint density at radius 2 is 2.12 bits per heavy atom. The van der Waals surface area contributed by atoms with Crippen molar-refractivity contribution in [2.24, 2.45) is 12.5 Å². The lowest BCUT2D eigenvalue weighted by atomic mass is 9.76. The summed E-state index contributed by atoms with van der Waals surface area (Å²) in [7, 11) is 2.03. The van der Waals surface area contributed by atoms with Gasteiger partial charge < -0.3 is 24.3 Å². The molecule has 1 atom stereocenters. The van der Waals surface area contributed by atoms with E-state index in [9.17, 15) is 4.79 Å². The number of amides is 1. The van der Waals surface area contributed by atoms with Crippen LogP contribution in [-0.4, -0.2) is 53.5 Å². The minimum Gasteiger partial charge on any atom is -0.444 e. The molecule has 3 rings (SSSR count). The third-order valence-electron chi connectivity index (χ3n) is 5.23. The molecule has 6 nitrogen and oxygen atoms in total. The number of nitrogens with zero attached hydrogens (tertiary/aromatic N) is 2. The molecule has 2 saturated heterocycles. The van der Waals surface area contributed by atoms with E-state index in [1.807, 2.05) is 32.7 Å². The summed E-state index contributed by atoms with van der Waals surface area (Å²) in [5, 5.41) is 3.70. The van der Waals surface area contributed by atoms with E-state index in [0.29, 0.717) is 6.54 Å². The quantitative estimate of drug-likeness (QED) is 0.911. The molecule has 1 amide bonds. The first kappa shape index (κ1) is 18.3. The maximum atomic E-state index is 12.6. The summed E-state index contributed by atoms with van der Waals surface area (Å²) < 4.78 is 13.2. The lowest BCUT2D eigenvalue weighted by Crippen LogP contribution is -2.47. The van der Waals surface area contributed by atoms with E-state index in [1.54, 1.807) is 0 Å². The molecular formula is C19H31N3O3. The molecule has 1 aromatic rings. The van der Waals surface area contributed by atoms with Crippen molar-refractivity contribution in [3.8, 4) is 0 Å². The molecule has 25 heavy (non-hydrogen) atoms. The number of carbonyl (C=O) groups is 1. The largest absolute Gasteiger partial charge is 0.444 e. The molecule has 0 aliphatic carbocycles. The zero-order chi connectivity index (χ0) is 18.1.